The van der Waals surface area contributed by atoms with Gasteiger partial charge in [0.1, 0.15) is 12.1 Å². The number of rotatable bonds is 11. The van der Waals surface area contributed by atoms with Gasteiger partial charge in [0.15, 0.2) is 0 Å². The van der Waals surface area contributed by atoms with E-state index in [2.05, 4.69) is 15.1 Å². The molecule has 2 rings (SSSR count). The molecule has 2 atom stereocenters. The van der Waals surface area contributed by atoms with Crippen LogP contribution in [-0.2, 0) is 25.5 Å². The minimum Gasteiger partial charge on any atom is -0.461 e. The van der Waals surface area contributed by atoms with Gasteiger partial charge in [-0.15, -0.1) is 0 Å². The summed E-state index contributed by atoms with van der Waals surface area (Å²) in [7, 11) is 3.84. The number of ketones is 1. The van der Waals surface area contributed by atoms with Crippen LogP contribution in [0.25, 0.3) is 16.4 Å². The fourth-order valence-electron chi connectivity index (χ4n) is 3.16. The summed E-state index contributed by atoms with van der Waals surface area (Å²) < 4.78 is 5.15. The molecule has 172 valence electrons. The number of esters is 1. The van der Waals surface area contributed by atoms with Crippen molar-refractivity contribution in [2.24, 2.45) is 0 Å². The van der Waals surface area contributed by atoms with E-state index in [4.69, 9.17) is 10.3 Å². The molecule has 10 nitrogen and oxygen atoms in total. The second-order valence-corrected chi connectivity index (χ2v) is 7.95. The summed E-state index contributed by atoms with van der Waals surface area (Å²) in [6, 6.07) is 4.71. The van der Waals surface area contributed by atoms with Crippen LogP contribution in [0.1, 0.15) is 32.3 Å². The lowest BCUT2D eigenvalue weighted by Crippen LogP contribution is -2.47. The number of benzene rings is 1. The maximum atomic E-state index is 12.6. The highest BCUT2D eigenvalue weighted by Crippen LogP contribution is 2.24. The van der Waals surface area contributed by atoms with Crippen molar-refractivity contribution in [2.45, 2.75) is 51.4 Å². The first-order chi connectivity index (χ1) is 15.1. The van der Waals surface area contributed by atoms with E-state index in [0.29, 0.717) is 0 Å². The normalized spacial score (nSPS) is 12.7. The topological polar surface area (TPSA) is 148 Å². The molecule has 0 aliphatic heterocycles. The molecule has 0 bridgehead atoms. The van der Waals surface area contributed by atoms with Gasteiger partial charge in [-0.3, -0.25) is 9.59 Å². The molecule has 0 unspecified atom stereocenters. The zero-order valence-corrected chi connectivity index (χ0v) is 18.7. The van der Waals surface area contributed by atoms with Crippen molar-refractivity contribution < 1.29 is 29.0 Å². The summed E-state index contributed by atoms with van der Waals surface area (Å²) in [5, 5.41) is 13.8. The highest BCUT2D eigenvalue weighted by Gasteiger charge is 2.27. The molecule has 0 spiro atoms. The Kier molecular flexibility index (Phi) is 8.69. The molecule has 1 amide bonds. The number of aliphatic hydroxyl groups excluding tert-OH is 1. The summed E-state index contributed by atoms with van der Waals surface area (Å²) in [4.78, 5) is 44.3. The Morgan fingerprint density at radius 2 is 2.03 bits per heavy atom. The van der Waals surface area contributed by atoms with Crippen molar-refractivity contribution in [1.29, 1.82) is 0 Å². The molecular weight excluding hydrogens is 414 g/mol. The second kappa shape index (κ2) is 11.2. The van der Waals surface area contributed by atoms with Gasteiger partial charge in [-0.1, -0.05) is 0 Å². The molecule has 32 heavy (non-hydrogen) atoms. The molecule has 0 aliphatic carbocycles. The van der Waals surface area contributed by atoms with Gasteiger partial charge in [0.25, 0.3) is 0 Å². The van der Waals surface area contributed by atoms with Crippen LogP contribution in [0.4, 0.5) is 5.69 Å². The average Bonchev–Trinajstić information content (AvgIpc) is 3.12. The highest BCUT2D eigenvalue weighted by molar-refractivity contribution is 6.25. The van der Waals surface area contributed by atoms with Gasteiger partial charge in [0, 0.05) is 49.7 Å². The summed E-state index contributed by atoms with van der Waals surface area (Å²) in [6.07, 6.45) is 0.450. The number of hydrogen-bond acceptors (Lipinski definition) is 6. The lowest BCUT2D eigenvalue weighted by molar-refractivity contribution is -0.152. The van der Waals surface area contributed by atoms with Crippen molar-refractivity contribution in [3.05, 3.63) is 35.5 Å². The Balaban J connectivity index is 2.11. The van der Waals surface area contributed by atoms with Crippen molar-refractivity contribution in [1.82, 2.24) is 10.3 Å². The Morgan fingerprint density at radius 3 is 2.66 bits per heavy atom. The first-order valence-corrected chi connectivity index (χ1v) is 10.3. The van der Waals surface area contributed by atoms with Crippen LogP contribution in [-0.4, -0.2) is 71.1 Å². The van der Waals surface area contributed by atoms with Crippen molar-refractivity contribution >= 4 is 40.5 Å². The third-order valence-electron chi connectivity index (χ3n) is 4.82. The van der Waals surface area contributed by atoms with E-state index in [9.17, 15) is 19.5 Å². The van der Waals surface area contributed by atoms with E-state index >= 15 is 0 Å². The fraction of sp³-hybridized carbons (Fsp3) is 0.455. The number of ether oxygens (including phenoxy) is 1. The number of carbonyl (C=O) groups excluding carboxylic acids is 3. The molecule has 0 saturated heterocycles. The van der Waals surface area contributed by atoms with Crippen LogP contribution in [0.5, 0.6) is 0 Å². The molecule has 10 heteroatoms. The highest BCUT2D eigenvalue weighted by atomic mass is 16.5. The number of amides is 1. The lowest BCUT2D eigenvalue weighted by atomic mass is 10.0. The number of aromatic amines is 1. The summed E-state index contributed by atoms with van der Waals surface area (Å²) in [5.74, 6) is -1.98. The smallest absolute Gasteiger partial charge is 0.328 e. The molecule has 0 saturated carbocycles. The van der Waals surface area contributed by atoms with Gasteiger partial charge in [0.2, 0.25) is 11.7 Å². The molecule has 2 aromatic rings. The van der Waals surface area contributed by atoms with Crippen LogP contribution in [0.2, 0.25) is 0 Å². The predicted molar refractivity (Wildman–Crippen MR) is 119 cm³/mol. The first kappa shape index (κ1) is 24.8. The van der Waals surface area contributed by atoms with E-state index in [1.165, 1.54) is 0 Å². The molecule has 1 aromatic heterocycles. The Hall–Kier alpha value is -3.49. The minimum absolute atomic E-state index is 0.0325. The van der Waals surface area contributed by atoms with E-state index in [1.807, 2.05) is 37.2 Å². The SMILES string of the molecule is CC(C)OC(=O)[C@H](CCC(=O)C=[N+]=[N-])NC(=O)[C@@H](O)Cc1c[nH]c2ccc(N(C)C)cc12. The van der Waals surface area contributed by atoms with E-state index in [-0.39, 0.29) is 19.3 Å². The number of nitrogens with zero attached hydrogens (tertiary/aromatic N) is 3. The number of hydrogen-bond donors (Lipinski definition) is 3. The largest absolute Gasteiger partial charge is 0.461 e. The second-order valence-electron chi connectivity index (χ2n) is 7.95. The quantitative estimate of drug-likeness (QED) is 0.206. The molecule has 3 N–H and O–H groups in total. The van der Waals surface area contributed by atoms with E-state index in [1.54, 1.807) is 20.0 Å². The number of fused-ring (bicyclic) bond motifs is 1. The average molecular weight is 444 g/mol. The molecule has 1 heterocycles. The molecule has 0 aliphatic rings. The number of H-pyrrole nitrogens is 1. The number of nitrogens with one attached hydrogen (secondary N) is 2. The minimum atomic E-state index is -1.42. The Bertz CT molecular complexity index is 1020. The van der Waals surface area contributed by atoms with Gasteiger partial charge in [-0.2, -0.15) is 4.79 Å². The fourth-order valence-corrected chi connectivity index (χ4v) is 3.16. The summed E-state index contributed by atoms with van der Waals surface area (Å²) in [6.45, 7) is 3.32. The summed E-state index contributed by atoms with van der Waals surface area (Å²) in [5.41, 5.74) is 11.0. The zero-order valence-electron chi connectivity index (χ0n) is 18.7. The number of carbonyl (C=O) groups is 3. The first-order valence-electron chi connectivity index (χ1n) is 10.3. The molecule has 0 radical (unpaired) electrons. The van der Waals surface area contributed by atoms with Crippen LogP contribution in [0, 0.1) is 0 Å². The van der Waals surface area contributed by atoms with E-state index < -0.39 is 35.9 Å². The number of aliphatic hydroxyl groups is 1. The van der Waals surface area contributed by atoms with Gasteiger partial charge in [-0.25, -0.2) is 4.79 Å². The van der Waals surface area contributed by atoms with Gasteiger partial charge in [-0.05, 0) is 44.0 Å². The third kappa shape index (κ3) is 6.76. The maximum absolute atomic E-state index is 12.6. The standard InChI is InChI=1S/C22H29N5O5/c1-13(2)32-22(31)19(8-6-16(28)12-25-23)26-21(30)20(29)9-14-11-24-18-7-5-15(27(3)4)10-17(14)18/h5,7,10-13,19-20,24,29H,6,8-9H2,1-4H3,(H,26,30)/t19-,20-/m0/s1. The number of Topliss-reactive ketones (excluding diaryl/α,β-unsaturated/α-hetero) is 1. The van der Waals surface area contributed by atoms with Crippen LogP contribution in [0.15, 0.2) is 24.4 Å². The Labute approximate surface area is 186 Å². The van der Waals surface area contributed by atoms with Crippen molar-refractivity contribution in [3.63, 3.8) is 0 Å². The molecule has 0 fully saturated rings. The third-order valence-corrected chi connectivity index (χ3v) is 4.82. The van der Waals surface area contributed by atoms with Crippen LogP contribution < -0.4 is 10.2 Å². The lowest BCUT2D eigenvalue weighted by Gasteiger charge is -2.20. The van der Waals surface area contributed by atoms with Crippen LogP contribution in [0.3, 0.4) is 0 Å². The van der Waals surface area contributed by atoms with Crippen LogP contribution >= 0.6 is 0 Å². The predicted octanol–water partition coefficient (Wildman–Crippen LogP) is 1.22. The molecule has 1 aromatic carbocycles. The zero-order chi connectivity index (χ0) is 23.8. The summed E-state index contributed by atoms with van der Waals surface area (Å²) >= 11 is 0. The van der Waals surface area contributed by atoms with Gasteiger partial charge in [0.05, 0.1) is 6.10 Å². The monoisotopic (exact) mass is 443 g/mol. The van der Waals surface area contributed by atoms with E-state index in [0.717, 1.165) is 28.4 Å². The molecular formula is C22H29N5O5. The van der Waals surface area contributed by atoms with Gasteiger partial charge < -0.3 is 30.6 Å². The number of anilines is 1. The maximum Gasteiger partial charge on any atom is 0.328 e. The Morgan fingerprint density at radius 1 is 1.31 bits per heavy atom. The number of aromatic nitrogens is 1. The van der Waals surface area contributed by atoms with Crippen molar-refractivity contribution in [2.75, 3.05) is 19.0 Å². The van der Waals surface area contributed by atoms with Gasteiger partial charge >= 0.3 is 12.2 Å². The van der Waals surface area contributed by atoms with Crippen molar-refractivity contribution in [3.8, 4) is 0 Å².